The van der Waals surface area contributed by atoms with Gasteiger partial charge >= 0.3 is 11.9 Å². The Hall–Kier alpha value is -0.970. The van der Waals surface area contributed by atoms with Gasteiger partial charge < -0.3 is 34.3 Å². The molecule has 8 aliphatic carbocycles. The molecule has 0 aromatic rings. The van der Waals surface area contributed by atoms with E-state index >= 15 is 0 Å². The lowest BCUT2D eigenvalue weighted by molar-refractivity contribution is -0.203. The van der Waals surface area contributed by atoms with Crippen LogP contribution in [0.1, 0.15) is 191 Å². The number of ether oxygens (including phenoxy) is 4. The Morgan fingerprint density at radius 3 is 1.42 bits per heavy atom. The van der Waals surface area contributed by atoms with E-state index in [0.29, 0.717) is 120 Å². The highest BCUT2D eigenvalue weighted by molar-refractivity contribution is 6.17. The summed E-state index contributed by atoms with van der Waals surface area (Å²) in [7, 11) is 4.60. The maximum absolute atomic E-state index is 11.8. The third kappa shape index (κ3) is 11.2. The average molecular weight is 992 g/mol. The lowest BCUT2D eigenvalue weighted by Gasteiger charge is -2.65. The van der Waals surface area contributed by atoms with Crippen LogP contribution in [0.4, 0.5) is 0 Å². The highest BCUT2D eigenvalue weighted by Crippen LogP contribution is 2.71. The van der Waals surface area contributed by atoms with Crippen molar-refractivity contribution in [1.82, 2.24) is 0 Å². The highest BCUT2D eigenvalue weighted by Gasteiger charge is 2.66. The molecule has 0 amide bonds. The van der Waals surface area contributed by atoms with E-state index in [1.807, 2.05) is 0 Å². The zero-order valence-electron chi connectivity index (χ0n) is 45.8. The molecule has 0 aromatic heterocycles. The minimum atomic E-state index is -0.230. The summed E-state index contributed by atoms with van der Waals surface area (Å²) in [6.45, 7) is 23.1. The Bertz CT molecular complexity index is 1530. The molecule has 3 N–H and O–H groups in total. The van der Waals surface area contributed by atoms with Gasteiger partial charge in [-0.2, -0.15) is 0 Å². The van der Waals surface area contributed by atoms with Gasteiger partial charge in [-0.05, 0) is 207 Å². The molecule has 0 aliphatic heterocycles. The van der Waals surface area contributed by atoms with Crippen LogP contribution in [-0.4, -0.2) is 86.2 Å². The molecule has 8 aliphatic rings. The maximum Gasteiger partial charge on any atom is 0.305 e. The first-order chi connectivity index (χ1) is 32.8. The predicted molar refractivity (Wildman–Crippen MR) is 276 cm³/mol. The number of halogens is 1. The van der Waals surface area contributed by atoms with Crippen LogP contribution in [0, 0.1) is 110 Å². The number of esters is 2. The summed E-state index contributed by atoms with van der Waals surface area (Å²) in [5.74, 6) is 8.39. The van der Waals surface area contributed by atoms with Crippen LogP contribution in [-0.2, 0) is 28.5 Å². The van der Waals surface area contributed by atoms with Crippen molar-refractivity contribution in [3.05, 3.63) is 0 Å². The fourth-order valence-corrected chi connectivity index (χ4v) is 19.7. The smallest absolute Gasteiger partial charge is 0.305 e. The summed E-state index contributed by atoms with van der Waals surface area (Å²) in [5.41, 5.74) is 1.28. The molecular weight excluding hydrogens is 888 g/mol. The van der Waals surface area contributed by atoms with Gasteiger partial charge in [0.15, 0.2) is 0 Å². The molecule has 8 rings (SSSR count). The first-order valence-corrected chi connectivity index (χ1v) is 29.1. The normalized spacial score (nSPS) is 46.0. The van der Waals surface area contributed by atoms with Crippen LogP contribution >= 0.6 is 11.6 Å². The number of carbonyl (C=O) groups excluding carboxylic acids is 2. The Morgan fingerprint density at radius 1 is 0.580 bits per heavy atom. The number of hydrogen-bond donors (Lipinski definition) is 3. The lowest BCUT2D eigenvalue weighted by Crippen LogP contribution is -2.62. The topological polar surface area (TPSA) is 132 Å². The van der Waals surface area contributed by atoms with Crippen molar-refractivity contribution >= 4 is 23.5 Å². The van der Waals surface area contributed by atoms with E-state index in [1.165, 1.54) is 84.8 Å². The minimum Gasteiger partial charge on any atom is -0.469 e. The lowest BCUT2D eigenvalue weighted by atomic mass is 9.41. The van der Waals surface area contributed by atoms with Gasteiger partial charge in [0.1, 0.15) is 6.07 Å². The van der Waals surface area contributed by atoms with E-state index in [4.69, 9.17) is 25.8 Å². The first-order valence-electron chi connectivity index (χ1n) is 28.6. The molecule has 400 valence electrons. The van der Waals surface area contributed by atoms with Gasteiger partial charge in [0, 0.05) is 20.0 Å². The molecule has 8 fully saturated rings. The Balaban J connectivity index is 0.000000199. The third-order valence-electron chi connectivity index (χ3n) is 23.2. The van der Waals surface area contributed by atoms with Crippen molar-refractivity contribution < 1.29 is 43.9 Å². The van der Waals surface area contributed by atoms with Crippen molar-refractivity contribution in [3.63, 3.8) is 0 Å². The monoisotopic (exact) mass is 991 g/mol. The molecule has 0 saturated heterocycles. The third-order valence-corrected chi connectivity index (χ3v) is 23.3. The summed E-state index contributed by atoms with van der Waals surface area (Å²) in [6.07, 6.45) is 21.6. The number of aliphatic hydroxyl groups excluding tert-OH is 3. The molecule has 0 spiro atoms. The first kappa shape index (κ1) is 57.3. The summed E-state index contributed by atoms with van der Waals surface area (Å²) in [5, 5.41) is 34.0. The zero-order valence-corrected chi connectivity index (χ0v) is 46.6. The number of rotatable bonds is 14. The maximum atomic E-state index is 11.8. The summed E-state index contributed by atoms with van der Waals surface area (Å²) >= 11 is 5.16. The molecule has 0 heterocycles. The second-order valence-corrected chi connectivity index (χ2v) is 26.1. The van der Waals surface area contributed by atoms with E-state index in [-0.39, 0.29) is 47.1 Å². The minimum absolute atomic E-state index is 0.0748. The Morgan fingerprint density at radius 2 is 1.00 bits per heavy atom. The van der Waals surface area contributed by atoms with E-state index in [1.54, 1.807) is 7.11 Å². The van der Waals surface area contributed by atoms with Crippen molar-refractivity contribution in [3.8, 4) is 0 Å². The number of hydrogen-bond acceptors (Lipinski definition) is 9. The van der Waals surface area contributed by atoms with Crippen LogP contribution in [0.15, 0.2) is 0 Å². The van der Waals surface area contributed by atoms with Crippen molar-refractivity contribution in [1.29, 1.82) is 0 Å². The van der Waals surface area contributed by atoms with E-state index in [9.17, 15) is 24.9 Å². The van der Waals surface area contributed by atoms with Crippen molar-refractivity contribution in [2.75, 3.05) is 40.6 Å². The van der Waals surface area contributed by atoms with Crippen LogP contribution in [0.5, 0.6) is 0 Å². The second-order valence-electron chi connectivity index (χ2n) is 25.9. The van der Waals surface area contributed by atoms with Gasteiger partial charge in [-0.1, -0.05) is 93.2 Å². The van der Waals surface area contributed by atoms with Gasteiger partial charge in [0.2, 0.25) is 0 Å². The second kappa shape index (κ2) is 24.1. The van der Waals surface area contributed by atoms with Crippen LogP contribution in [0.3, 0.4) is 0 Å². The molecule has 9 nitrogen and oxygen atoms in total. The predicted octanol–water partition coefficient (Wildman–Crippen LogP) is 12.5. The van der Waals surface area contributed by atoms with E-state index < -0.39 is 0 Å². The molecule has 0 bridgehead atoms. The average Bonchev–Trinajstić information content (AvgIpc) is 3.88. The number of fused-ring (bicyclic) bond motifs is 10. The quantitative estimate of drug-likeness (QED) is 0.0884. The van der Waals surface area contributed by atoms with E-state index in [2.05, 4.69) is 67.1 Å². The number of aliphatic hydroxyl groups is 3. The summed E-state index contributed by atoms with van der Waals surface area (Å²) in [6, 6.07) is 0.253. The van der Waals surface area contributed by atoms with Crippen LogP contribution in [0.25, 0.3) is 0 Å². The number of methoxy groups -OCH3 is 3. The van der Waals surface area contributed by atoms with E-state index in [0.717, 1.165) is 50.9 Å². The van der Waals surface area contributed by atoms with Gasteiger partial charge in [0.25, 0.3) is 0 Å². The largest absolute Gasteiger partial charge is 0.469 e. The fraction of sp³-hybridized carbons (Fsp3) is 0.966. The zero-order chi connectivity index (χ0) is 50.6. The molecule has 8 saturated carbocycles. The highest BCUT2D eigenvalue weighted by atomic mass is 35.5. The van der Waals surface area contributed by atoms with Crippen molar-refractivity contribution in [2.45, 2.75) is 209 Å². The SMILES string of the molecule is CC[C@H]1[C@@H](O)[C@@H]2[C@H](CC[C@]3(C)[C@@H]([C@H](C)CCC(=O)OC)CC[C@@H]23)[C@@]2(C)CC[C@@H](C)C[C@@H]12.CC[C@H]1[C@@H](O)[C@@H]2[C@H](CC[C@]3(C)[C@@H]([C@H](C)CCC(=O)OC)CC[C@@H]23)[C@@]2(C)CC[C@@H](O)C[C@@H]12.COCCOCCl. The standard InChI is InChI=1S/C28H48O3.C27H46O4.C4H9ClO2/c1-7-19-23-16-17(2)12-14-28(23,5)22-13-15-27(4)20(18(3)8-11-24(29)31-6)9-10-21(27)25(22)26(19)30;1-6-18-22-15-17(28)11-13-27(22,4)21-12-14-26(3)19(16(2)7-10-23(29)31-5)8-9-20(26)24(21)25(18)30;1-6-2-3-7-4-5/h17-23,25-26,30H,7-16H2,1-6H3;16-22,24-25,28,30H,6-15H2,1-5H3;2-4H2,1H3/t17-,18-,19-,20-,21+,22+,23+,25+,26-,27-,28-;16-,17-,18-,19-,20+,21+,22+,24+,25-,26-,27-;/m11./s1. The van der Waals surface area contributed by atoms with Crippen molar-refractivity contribution in [2.24, 2.45) is 110 Å². The van der Waals surface area contributed by atoms with Crippen LogP contribution < -0.4 is 0 Å². The molecule has 10 heteroatoms. The molecule has 0 aromatic carbocycles. The summed E-state index contributed by atoms with van der Waals surface area (Å²) < 4.78 is 19.2. The molecule has 69 heavy (non-hydrogen) atoms. The van der Waals surface area contributed by atoms with Gasteiger partial charge in [0.05, 0.1) is 45.7 Å². The van der Waals surface area contributed by atoms with Gasteiger partial charge in [-0.3, -0.25) is 9.59 Å². The summed E-state index contributed by atoms with van der Waals surface area (Å²) in [4.78, 5) is 23.4. The van der Waals surface area contributed by atoms with Crippen LogP contribution in [0.2, 0.25) is 0 Å². The Kier molecular flexibility index (Phi) is 20.1. The molecule has 22 atom stereocenters. The number of carbonyl (C=O) groups is 2. The van der Waals surface area contributed by atoms with Gasteiger partial charge in [-0.15, -0.1) is 0 Å². The fourth-order valence-electron chi connectivity index (χ4n) is 19.6. The molecule has 0 unspecified atom stereocenters. The Labute approximate surface area is 425 Å². The molecular formula is C59H103ClO9. The molecule has 0 radical (unpaired) electrons. The number of alkyl halides is 1. The van der Waals surface area contributed by atoms with Gasteiger partial charge in [-0.25, -0.2) is 0 Å².